The van der Waals surface area contributed by atoms with Crippen LogP contribution in [0.3, 0.4) is 0 Å². The van der Waals surface area contributed by atoms with E-state index >= 15 is 0 Å². The molecular weight excluding hydrogens is 399 g/mol. The van der Waals surface area contributed by atoms with Crippen LogP contribution in [0.25, 0.3) is 10.8 Å². The molecule has 3 heteroatoms. The van der Waals surface area contributed by atoms with Gasteiger partial charge in [0.1, 0.15) is 11.6 Å². The van der Waals surface area contributed by atoms with Gasteiger partial charge in [0, 0.05) is 5.39 Å². The third-order valence-electron chi connectivity index (χ3n) is 6.02. The summed E-state index contributed by atoms with van der Waals surface area (Å²) in [6.45, 7) is 8.92. The first-order valence-electron chi connectivity index (χ1n) is 10.9. The van der Waals surface area contributed by atoms with Gasteiger partial charge in [-0.1, -0.05) is 94.4 Å². The van der Waals surface area contributed by atoms with Crippen molar-refractivity contribution >= 4 is 29.5 Å². The van der Waals surface area contributed by atoms with Crippen molar-refractivity contribution in [1.82, 2.24) is 0 Å². The summed E-state index contributed by atoms with van der Waals surface area (Å²) >= 11 is 0. The number of fused-ring (bicyclic) bond motifs is 1. The van der Waals surface area contributed by atoms with Crippen LogP contribution < -0.4 is 14.8 Å². The first-order chi connectivity index (χ1) is 14.8. The monoisotopic (exact) mass is 428 g/mol. The Bertz CT molecular complexity index is 1140. The van der Waals surface area contributed by atoms with Crippen LogP contribution in [0, 0.1) is 5.82 Å². The van der Waals surface area contributed by atoms with Crippen molar-refractivity contribution in [2.45, 2.75) is 39.2 Å². The minimum Gasteiger partial charge on any atom is -0.534 e. The van der Waals surface area contributed by atoms with Crippen molar-refractivity contribution in [2.75, 3.05) is 0 Å². The van der Waals surface area contributed by atoms with Gasteiger partial charge in [-0.05, 0) is 57.0 Å². The Hall–Kier alpha value is -2.91. The zero-order valence-electron chi connectivity index (χ0n) is 18.7. The van der Waals surface area contributed by atoms with Crippen molar-refractivity contribution in [3.63, 3.8) is 0 Å². The van der Waals surface area contributed by atoms with Crippen LogP contribution in [-0.4, -0.2) is 8.32 Å². The van der Waals surface area contributed by atoms with E-state index < -0.39 is 8.32 Å². The Balaban J connectivity index is 2.03. The highest BCUT2D eigenvalue weighted by Crippen LogP contribution is 2.40. The lowest BCUT2D eigenvalue weighted by Crippen LogP contribution is -2.68. The van der Waals surface area contributed by atoms with Crippen LogP contribution in [0.1, 0.15) is 33.3 Å². The highest BCUT2D eigenvalue weighted by atomic mass is 28.4. The molecule has 0 amide bonds. The molecule has 0 radical (unpaired) electrons. The Morgan fingerprint density at radius 2 is 1.35 bits per heavy atom. The van der Waals surface area contributed by atoms with Gasteiger partial charge in [0.25, 0.3) is 0 Å². The molecule has 0 fully saturated rings. The summed E-state index contributed by atoms with van der Waals surface area (Å²) in [5, 5.41) is 4.15. The summed E-state index contributed by atoms with van der Waals surface area (Å²) in [5.41, 5.74) is 1.14. The first kappa shape index (κ1) is 21.3. The summed E-state index contributed by atoms with van der Waals surface area (Å²) in [6, 6.07) is 30.4. The largest absolute Gasteiger partial charge is 0.534 e. The Kier molecular flexibility index (Phi) is 5.72. The SMILES string of the molecule is CCc1cc(O[Si](c2ccccc2)(c2ccccc2)C(C)(C)C)c2ccc(F)cc2c1. The van der Waals surface area contributed by atoms with E-state index in [1.807, 2.05) is 18.2 Å². The molecule has 1 nitrogen and oxygen atoms in total. The van der Waals surface area contributed by atoms with E-state index in [9.17, 15) is 4.39 Å². The lowest BCUT2D eigenvalue weighted by atomic mass is 10.0. The summed E-state index contributed by atoms with van der Waals surface area (Å²) in [5.74, 6) is 0.612. The molecule has 0 unspecified atom stereocenters. The molecular formula is C28H29FOSi. The Morgan fingerprint density at radius 3 is 1.87 bits per heavy atom. The standard InChI is InChI=1S/C28H29FOSi/c1-5-21-18-22-20-23(29)16-17-26(22)27(19-21)30-31(28(2,3)4,24-12-8-6-9-13-24)25-14-10-7-11-15-25/h6-20H,5H2,1-4H3. The lowest BCUT2D eigenvalue weighted by Gasteiger charge is -2.43. The van der Waals surface area contributed by atoms with Crippen LogP contribution in [0.2, 0.25) is 5.04 Å². The topological polar surface area (TPSA) is 9.23 Å². The van der Waals surface area contributed by atoms with Gasteiger partial charge in [-0.3, -0.25) is 0 Å². The minimum atomic E-state index is -2.75. The van der Waals surface area contributed by atoms with Crippen molar-refractivity contribution in [3.8, 4) is 5.75 Å². The molecule has 0 aliphatic rings. The molecule has 0 heterocycles. The number of benzene rings is 4. The van der Waals surface area contributed by atoms with E-state index in [2.05, 4.69) is 88.4 Å². The molecule has 0 saturated carbocycles. The highest BCUT2D eigenvalue weighted by Gasteiger charge is 2.52. The maximum atomic E-state index is 14.0. The van der Waals surface area contributed by atoms with Gasteiger partial charge in [-0.25, -0.2) is 4.39 Å². The van der Waals surface area contributed by atoms with Gasteiger partial charge < -0.3 is 4.43 Å². The van der Waals surface area contributed by atoms with Crippen molar-refractivity contribution < 1.29 is 8.82 Å². The maximum absolute atomic E-state index is 14.0. The van der Waals surface area contributed by atoms with Crippen LogP contribution in [-0.2, 0) is 6.42 Å². The number of halogens is 1. The highest BCUT2D eigenvalue weighted by molar-refractivity contribution is 7.00. The fourth-order valence-electron chi connectivity index (χ4n) is 4.47. The van der Waals surface area contributed by atoms with Gasteiger partial charge in [0.05, 0.1) is 0 Å². The second kappa shape index (κ2) is 8.31. The number of hydrogen-bond acceptors (Lipinski definition) is 1. The molecule has 158 valence electrons. The Morgan fingerprint density at radius 1 is 0.774 bits per heavy atom. The summed E-state index contributed by atoms with van der Waals surface area (Å²) in [6.07, 6.45) is 0.865. The Labute approximate surface area is 185 Å². The van der Waals surface area contributed by atoms with Gasteiger partial charge in [-0.2, -0.15) is 0 Å². The molecule has 4 aromatic carbocycles. The van der Waals surface area contributed by atoms with E-state index in [0.717, 1.165) is 28.5 Å². The van der Waals surface area contributed by atoms with Gasteiger partial charge >= 0.3 is 8.32 Å². The third kappa shape index (κ3) is 3.90. The van der Waals surface area contributed by atoms with Crippen molar-refractivity contribution in [1.29, 1.82) is 0 Å². The van der Waals surface area contributed by atoms with Gasteiger partial charge in [0.2, 0.25) is 0 Å². The molecule has 0 bridgehead atoms. The smallest absolute Gasteiger partial charge is 0.319 e. The van der Waals surface area contributed by atoms with Crippen LogP contribution in [0.5, 0.6) is 5.75 Å². The molecule has 0 N–H and O–H groups in total. The quantitative estimate of drug-likeness (QED) is 0.331. The molecule has 0 saturated heterocycles. The van der Waals surface area contributed by atoms with Gasteiger partial charge in [-0.15, -0.1) is 0 Å². The van der Waals surface area contributed by atoms with E-state index in [1.54, 1.807) is 6.07 Å². The molecule has 4 rings (SSSR count). The molecule has 0 spiro atoms. The predicted molar refractivity (Wildman–Crippen MR) is 132 cm³/mol. The number of hydrogen-bond donors (Lipinski definition) is 0. The average Bonchev–Trinajstić information content (AvgIpc) is 2.77. The molecule has 0 aliphatic carbocycles. The molecule has 4 aromatic rings. The zero-order chi connectivity index (χ0) is 22.1. The zero-order valence-corrected chi connectivity index (χ0v) is 19.7. The minimum absolute atomic E-state index is 0.135. The molecule has 0 aromatic heterocycles. The lowest BCUT2D eigenvalue weighted by molar-refractivity contribution is 0.512. The van der Waals surface area contributed by atoms with E-state index in [0.29, 0.717) is 0 Å². The number of aryl methyl sites for hydroxylation is 1. The van der Waals surface area contributed by atoms with Crippen LogP contribution in [0.4, 0.5) is 4.39 Å². The average molecular weight is 429 g/mol. The fraction of sp³-hybridized carbons (Fsp3) is 0.214. The summed E-state index contributed by atoms with van der Waals surface area (Å²) in [7, 11) is -2.75. The van der Waals surface area contributed by atoms with E-state index in [1.165, 1.54) is 16.4 Å². The van der Waals surface area contributed by atoms with Crippen LogP contribution in [0.15, 0.2) is 91.0 Å². The maximum Gasteiger partial charge on any atom is 0.319 e. The number of rotatable bonds is 5. The second-order valence-electron chi connectivity index (χ2n) is 9.08. The summed E-state index contributed by atoms with van der Waals surface area (Å²) < 4.78 is 21.3. The van der Waals surface area contributed by atoms with Crippen molar-refractivity contribution in [2.24, 2.45) is 0 Å². The second-order valence-corrected chi connectivity index (χ2v) is 13.3. The normalized spacial score (nSPS) is 12.2. The van der Waals surface area contributed by atoms with Crippen molar-refractivity contribution in [3.05, 3.63) is 102 Å². The van der Waals surface area contributed by atoms with Crippen LogP contribution >= 0.6 is 0 Å². The molecule has 0 aliphatic heterocycles. The third-order valence-corrected chi connectivity index (χ3v) is 11.0. The van der Waals surface area contributed by atoms with E-state index in [4.69, 9.17) is 4.43 Å². The first-order valence-corrected chi connectivity index (χ1v) is 12.8. The summed E-state index contributed by atoms with van der Waals surface area (Å²) in [4.78, 5) is 0. The van der Waals surface area contributed by atoms with E-state index in [-0.39, 0.29) is 10.9 Å². The fourth-order valence-corrected chi connectivity index (χ4v) is 8.90. The van der Waals surface area contributed by atoms with Gasteiger partial charge in [0.15, 0.2) is 0 Å². The predicted octanol–water partition coefficient (Wildman–Crippen LogP) is 6.48. The molecule has 31 heavy (non-hydrogen) atoms. The molecule has 0 atom stereocenters.